The van der Waals surface area contributed by atoms with Crippen LogP contribution in [0.2, 0.25) is 0 Å². The van der Waals surface area contributed by atoms with Gasteiger partial charge in [0, 0.05) is 18.9 Å². The minimum atomic E-state index is 0.937. The lowest BCUT2D eigenvalue weighted by Gasteiger charge is -2.07. The van der Waals surface area contributed by atoms with Crippen LogP contribution >= 0.6 is 0 Å². The summed E-state index contributed by atoms with van der Waals surface area (Å²) in [5.74, 6) is 0. The monoisotopic (exact) mass is 216 g/mol. The van der Waals surface area contributed by atoms with Gasteiger partial charge in [0.05, 0.1) is 0 Å². The van der Waals surface area contributed by atoms with E-state index in [1.165, 1.54) is 36.8 Å². The molecule has 0 saturated heterocycles. The highest BCUT2D eigenvalue weighted by Gasteiger charge is 2.03. The van der Waals surface area contributed by atoms with Crippen LogP contribution in [0.1, 0.15) is 36.8 Å². The van der Waals surface area contributed by atoms with Crippen molar-refractivity contribution < 1.29 is 0 Å². The van der Waals surface area contributed by atoms with Gasteiger partial charge in [0.15, 0.2) is 0 Å². The second kappa shape index (κ2) is 5.80. The molecule has 0 atom stereocenters. The van der Waals surface area contributed by atoms with Gasteiger partial charge in [-0.25, -0.2) is 0 Å². The molecule has 1 N–H and O–H groups in total. The van der Waals surface area contributed by atoms with Crippen LogP contribution in [0.4, 0.5) is 0 Å². The Labute approximate surface area is 97.8 Å². The van der Waals surface area contributed by atoms with E-state index in [0.717, 1.165) is 13.1 Å². The number of aryl methyl sites for hydroxylation is 1. The molecule has 1 aliphatic rings. The molecule has 0 unspecified atom stereocenters. The number of nitrogens with zero attached hydrogens (tertiary/aromatic N) is 1. The van der Waals surface area contributed by atoms with E-state index in [-0.39, 0.29) is 0 Å². The summed E-state index contributed by atoms with van der Waals surface area (Å²) in [6, 6.07) is 2.07. The molecule has 1 aromatic heterocycles. The number of nitrogens with one attached hydrogen (secondary N) is 1. The van der Waals surface area contributed by atoms with Crippen LogP contribution in [0, 0.1) is 6.92 Å². The van der Waals surface area contributed by atoms with Gasteiger partial charge in [-0.1, -0.05) is 11.6 Å². The Kier molecular flexibility index (Phi) is 4.11. The summed E-state index contributed by atoms with van der Waals surface area (Å²) in [6.45, 7) is 4.16. The van der Waals surface area contributed by atoms with E-state index in [0.29, 0.717) is 0 Å². The maximum atomic E-state index is 4.15. The standard InChI is InChI=1S/C14H20N2/c1-12-6-8-15-10-14(12)11-16-9-7-13-4-2-3-5-13/h4,6,8,10,16H,2-3,5,7,9,11H2,1H3. The molecule has 16 heavy (non-hydrogen) atoms. The van der Waals surface area contributed by atoms with Crippen LogP contribution in [-0.4, -0.2) is 11.5 Å². The highest BCUT2D eigenvalue weighted by Crippen LogP contribution is 2.19. The topological polar surface area (TPSA) is 24.9 Å². The summed E-state index contributed by atoms with van der Waals surface area (Å²) < 4.78 is 0. The fourth-order valence-corrected chi connectivity index (χ4v) is 2.12. The third-order valence-electron chi connectivity index (χ3n) is 3.22. The zero-order chi connectivity index (χ0) is 11.2. The van der Waals surface area contributed by atoms with Crippen LogP contribution in [0.5, 0.6) is 0 Å². The highest BCUT2D eigenvalue weighted by atomic mass is 14.8. The second-order valence-corrected chi connectivity index (χ2v) is 4.48. The number of allylic oxidation sites excluding steroid dienone is 1. The number of rotatable bonds is 5. The first kappa shape index (κ1) is 11.3. The van der Waals surface area contributed by atoms with Crippen molar-refractivity contribution in [2.75, 3.05) is 6.54 Å². The van der Waals surface area contributed by atoms with Crippen molar-refractivity contribution in [2.45, 2.75) is 39.2 Å². The fourth-order valence-electron chi connectivity index (χ4n) is 2.12. The highest BCUT2D eigenvalue weighted by molar-refractivity contribution is 5.21. The van der Waals surface area contributed by atoms with Crippen LogP contribution in [-0.2, 0) is 6.54 Å². The Morgan fingerprint density at radius 3 is 3.12 bits per heavy atom. The smallest absolute Gasteiger partial charge is 0.0315 e. The van der Waals surface area contributed by atoms with Gasteiger partial charge in [0.25, 0.3) is 0 Å². The molecular weight excluding hydrogens is 196 g/mol. The molecule has 0 radical (unpaired) electrons. The van der Waals surface area contributed by atoms with Crippen molar-refractivity contribution in [1.29, 1.82) is 0 Å². The molecule has 2 nitrogen and oxygen atoms in total. The normalized spacial score (nSPS) is 15.2. The summed E-state index contributed by atoms with van der Waals surface area (Å²) in [6.07, 6.45) is 11.4. The van der Waals surface area contributed by atoms with Crippen molar-refractivity contribution in [3.8, 4) is 0 Å². The molecule has 0 saturated carbocycles. The summed E-state index contributed by atoms with van der Waals surface area (Å²) in [5.41, 5.74) is 4.26. The first-order valence-electron chi connectivity index (χ1n) is 6.14. The summed E-state index contributed by atoms with van der Waals surface area (Å²) in [4.78, 5) is 4.15. The predicted molar refractivity (Wildman–Crippen MR) is 67.2 cm³/mol. The Morgan fingerprint density at radius 1 is 1.44 bits per heavy atom. The Hall–Kier alpha value is -1.15. The van der Waals surface area contributed by atoms with Gasteiger partial charge in [-0.2, -0.15) is 0 Å². The number of hydrogen-bond acceptors (Lipinski definition) is 2. The maximum absolute atomic E-state index is 4.15. The van der Waals surface area contributed by atoms with E-state index in [2.05, 4.69) is 29.4 Å². The van der Waals surface area contributed by atoms with Crippen LogP contribution < -0.4 is 5.32 Å². The molecule has 1 aliphatic carbocycles. The van der Waals surface area contributed by atoms with Gasteiger partial charge < -0.3 is 5.32 Å². The van der Waals surface area contributed by atoms with Gasteiger partial charge in [-0.05, 0) is 56.3 Å². The largest absolute Gasteiger partial charge is 0.312 e. The molecule has 2 heteroatoms. The SMILES string of the molecule is Cc1ccncc1CNCCC1=CCCC1. The first-order valence-corrected chi connectivity index (χ1v) is 6.14. The molecule has 2 rings (SSSR count). The average molecular weight is 216 g/mol. The minimum Gasteiger partial charge on any atom is -0.312 e. The Balaban J connectivity index is 1.70. The number of pyridine rings is 1. The molecular formula is C14H20N2. The number of hydrogen-bond donors (Lipinski definition) is 1. The lowest BCUT2D eigenvalue weighted by atomic mass is 10.1. The van der Waals surface area contributed by atoms with Crippen LogP contribution in [0.15, 0.2) is 30.1 Å². The van der Waals surface area contributed by atoms with Gasteiger partial charge in [-0.3, -0.25) is 4.98 Å². The van der Waals surface area contributed by atoms with Crippen molar-refractivity contribution >= 4 is 0 Å². The minimum absolute atomic E-state index is 0.937. The third kappa shape index (κ3) is 3.17. The summed E-state index contributed by atoms with van der Waals surface area (Å²) >= 11 is 0. The van der Waals surface area contributed by atoms with E-state index in [1.54, 1.807) is 5.57 Å². The molecule has 86 valence electrons. The van der Waals surface area contributed by atoms with Gasteiger partial charge in [-0.15, -0.1) is 0 Å². The lowest BCUT2D eigenvalue weighted by Crippen LogP contribution is -2.15. The van der Waals surface area contributed by atoms with Crippen LogP contribution in [0.3, 0.4) is 0 Å². The second-order valence-electron chi connectivity index (χ2n) is 4.48. The quantitative estimate of drug-likeness (QED) is 0.604. The summed E-state index contributed by atoms with van der Waals surface area (Å²) in [5, 5.41) is 3.49. The molecule has 0 bridgehead atoms. The molecule has 1 heterocycles. The Morgan fingerprint density at radius 2 is 2.38 bits per heavy atom. The maximum Gasteiger partial charge on any atom is 0.0315 e. The molecule has 0 spiro atoms. The van der Waals surface area contributed by atoms with E-state index >= 15 is 0 Å². The average Bonchev–Trinajstić information content (AvgIpc) is 2.79. The first-order chi connectivity index (χ1) is 7.86. The van der Waals surface area contributed by atoms with Crippen molar-refractivity contribution in [1.82, 2.24) is 10.3 Å². The van der Waals surface area contributed by atoms with Crippen molar-refractivity contribution in [3.63, 3.8) is 0 Å². The zero-order valence-corrected chi connectivity index (χ0v) is 10.00. The molecule has 0 fully saturated rings. The molecule has 1 aromatic rings. The summed E-state index contributed by atoms with van der Waals surface area (Å²) in [7, 11) is 0. The zero-order valence-electron chi connectivity index (χ0n) is 10.00. The van der Waals surface area contributed by atoms with E-state index in [9.17, 15) is 0 Å². The number of aromatic nitrogens is 1. The molecule has 0 aliphatic heterocycles. The van der Waals surface area contributed by atoms with Crippen molar-refractivity contribution in [3.05, 3.63) is 41.2 Å². The van der Waals surface area contributed by atoms with Gasteiger partial charge in [0.2, 0.25) is 0 Å². The van der Waals surface area contributed by atoms with E-state index in [4.69, 9.17) is 0 Å². The lowest BCUT2D eigenvalue weighted by molar-refractivity contribution is 0.672. The van der Waals surface area contributed by atoms with E-state index < -0.39 is 0 Å². The predicted octanol–water partition coefficient (Wildman–Crippen LogP) is 2.98. The molecule has 0 aromatic carbocycles. The van der Waals surface area contributed by atoms with Crippen LogP contribution in [0.25, 0.3) is 0 Å². The third-order valence-corrected chi connectivity index (χ3v) is 3.22. The van der Waals surface area contributed by atoms with Gasteiger partial charge >= 0.3 is 0 Å². The van der Waals surface area contributed by atoms with Crippen molar-refractivity contribution in [2.24, 2.45) is 0 Å². The Bertz CT molecular complexity index is 369. The van der Waals surface area contributed by atoms with E-state index in [1.807, 2.05) is 12.4 Å². The van der Waals surface area contributed by atoms with Gasteiger partial charge in [0.1, 0.15) is 0 Å². The fraction of sp³-hybridized carbons (Fsp3) is 0.500. The molecule has 0 amide bonds.